The van der Waals surface area contributed by atoms with Crippen molar-refractivity contribution >= 4 is 30.2 Å². The second-order valence-corrected chi connectivity index (χ2v) is 6.74. The number of nitrogens with zero attached hydrogens (tertiary/aromatic N) is 2. The van der Waals surface area contributed by atoms with Gasteiger partial charge in [-0.05, 0) is 42.8 Å². The van der Waals surface area contributed by atoms with E-state index in [2.05, 4.69) is 19.7 Å². The summed E-state index contributed by atoms with van der Waals surface area (Å²) >= 11 is 4.08. The fourth-order valence-corrected chi connectivity index (χ4v) is 2.58. The number of benzene rings is 2. The zero-order valence-corrected chi connectivity index (χ0v) is 16.9. The molecule has 6 nitrogen and oxygen atoms in total. The summed E-state index contributed by atoms with van der Waals surface area (Å²) < 4.78 is 13.1. The lowest BCUT2D eigenvalue weighted by Gasteiger charge is -2.22. The first-order valence-corrected chi connectivity index (χ1v) is 9.30. The summed E-state index contributed by atoms with van der Waals surface area (Å²) in [6.45, 7) is 2.12. The van der Waals surface area contributed by atoms with Crippen LogP contribution in [0.2, 0.25) is 0 Å². The average molecular weight is 390 g/mol. The van der Waals surface area contributed by atoms with Crippen molar-refractivity contribution in [2.24, 2.45) is 5.73 Å². The van der Waals surface area contributed by atoms with Gasteiger partial charge in [0.2, 0.25) is 6.29 Å². The highest BCUT2D eigenvalue weighted by Gasteiger charge is 2.14. The highest BCUT2D eigenvalue weighted by atomic mass is 32.1. The molecule has 1 atom stereocenters. The summed E-state index contributed by atoms with van der Waals surface area (Å²) in [6, 6.07) is 14.2. The number of hydrogen-bond acceptors (Lipinski definition) is 5. The number of primary amides is 1. The predicted octanol–water partition coefficient (Wildman–Crippen LogP) is 4.46. The van der Waals surface area contributed by atoms with Gasteiger partial charge < -0.3 is 20.1 Å². The van der Waals surface area contributed by atoms with Crippen LogP contribution in [-0.4, -0.2) is 26.4 Å². The Kier molecular flexibility index (Phi) is 7.67. The first-order valence-electron chi connectivity index (χ1n) is 8.90. The smallest absolute Gasteiger partial charge is 0.329 e. The monoisotopic (exact) mass is 389 g/mol. The summed E-state index contributed by atoms with van der Waals surface area (Å²) in [4.78, 5) is 13.3. The quantitative estimate of drug-likeness (QED) is 0.491. The molecule has 2 N–H and O–H groups in total. The third-order valence-electron chi connectivity index (χ3n) is 3.95. The van der Waals surface area contributed by atoms with Crippen molar-refractivity contribution in [2.75, 3.05) is 23.3 Å². The maximum Gasteiger partial charge on any atom is 0.329 e. The van der Waals surface area contributed by atoms with Crippen LogP contribution in [0, 0.1) is 0 Å². The number of thiol groups is 1. The van der Waals surface area contributed by atoms with E-state index in [1.807, 2.05) is 49.3 Å². The van der Waals surface area contributed by atoms with Crippen molar-refractivity contribution in [1.29, 1.82) is 0 Å². The topological polar surface area (TPSA) is 68.0 Å². The molecule has 0 aliphatic rings. The van der Waals surface area contributed by atoms with Crippen LogP contribution in [0.3, 0.4) is 0 Å². The molecule has 2 amide bonds. The Bertz CT molecular complexity index is 738. The molecule has 0 spiro atoms. The maximum absolute atomic E-state index is 11.3. The number of rotatable bonds is 9. The molecule has 7 heteroatoms. The molecule has 146 valence electrons. The third kappa shape index (κ3) is 6.29. The molecule has 2 rings (SSSR count). The first kappa shape index (κ1) is 20.8. The van der Waals surface area contributed by atoms with Gasteiger partial charge in [0.15, 0.2) is 0 Å². The second kappa shape index (κ2) is 9.97. The van der Waals surface area contributed by atoms with Gasteiger partial charge >= 0.3 is 6.03 Å². The Labute approximate surface area is 166 Å². The SMILES string of the molecule is CCCCC(Oc1ccc(N(C)C)cc1)Oc1cccc(N(S)C(N)=O)c1. The normalized spacial score (nSPS) is 11.6. The van der Waals surface area contributed by atoms with Gasteiger partial charge in [0.25, 0.3) is 0 Å². The Balaban J connectivity index is 2.12. The molecular weight excluding hydrogens is 362 g/mol. The minimum absolute atomic E-state index is 0.438. The van der Waals surface area contributed by atoms with Crippen molar-refractivity contribution < 1.29 is 14.3 Å². The van der Waals surface area contributed by atoms with Crippen molar-refractivity contribution in [1.82, 2.24) is 0 Å². The number of anilines is 2. The standard InChI is InChI=1S/C20H27N3O3S/c1-4-5-9-19(25-17-12-10-15(11-13-17)22(2)3)26-18-8-6-7-16(14-18)23(27)20(21)24/h6-8,10-14,19,27H,4-5,9H2,1-3H3,(H2,21,24). The van der Waals surface area contributed by atoms with Gasteiger partial charge in [0.1, 0.15) is 11.5 Å². The number of carbonyl (C=O) groups excluding carboxylic acids is 1. The summed E-state index contributed by atoms with van der Waals surface area (Å²) in [7, 11) is 3.99. The minimum Gasteiger partial charge on any atom is -0.455 e. The van der Waals surface area contributed by atoms with Crippen LogP contribution in [0.15, 0.2) is 48.5 Å². The zero-order valence-electron chi connectivity index (χ0n) is 16.0. The minimum atomic E-state index is -0.657. The molecular formula is C20H27N3O3S. The largest absolute Gasteiger partial charge is 0.455 e. The van der Waals surface area contributed by atoms with Gasteiger partial charge in [0, 0.05) is 32.3 Å². The van der Waals surface area contributed by atoms with Gasteiger partial charge in [-0.25, -0.2) is 9.10 Å². The van der Waals surface area contributed by atoms with Crippen molar-refractivity contribution in [3.63, 3.8) is 0 Å². The van der Waals surface area contributed by atoms with Crippen LogP contribution in [0.4, 0.5) is 16.2 Å². The number of ether oxygens (including phenoxy) is 2. The van der Waals surface area contributed by atoms with E-state index in [1.54, 1.807) is 18.2 Å². The van der Waals surface area contributed by atoms with Gasteiger partial charge in [-0.15, -0.1) is 0 Å². The number of unbranched alkanes of at least 4 members (excludes halogenated alkanes) is 1. The van der Waals surface area contributed by atoms with E-state index in [-0.39, 0.29) is 0 Å². The van der Waals surface area contributed by atoms with E-state index < -0.39 is 12.3 Å². The number of amides is 2. The Morgan fingerprint density at radius 1 is 1.07 bits per heavy atom. The lowest BCUT2D eigenvalue weighted by atomic mass is 10.2. The zero-order chi connectivity index (χ0) is 19.8. The van der Waals surface area contributed by atoms with E-state index in [0.717, 1.165) is 35.0 Å². The van der Waals surface area contributed by atoms with Crippen molar-refractivity contribution in [3.8, 4) is 11.5 Å². The van der Waals surface area contributed by atoms with Crippen LogP contribution >= 0.6 is 12.8 Å². The lowest BCUT2D eigenvalue weighted by Crippen LogP contribution is -2.27. The average Bonchev–Trinajstić information content (AvgIpc) is 2.66. The van der Waals surface area contributed by atoms with E-state index in [0.29, 0.717) is 11.4 Å². The fraction of sp³-hybridized carbons (Fsp3) is 0.350. The third-order valence-corrected chi connectivity index (χ3v) is 4.38. The summed E-state index contributed by atoms with van der Waals surface area (Å²) in [5.74, 6) is 1.32. The molecule has 1 unspecified atom stereocenters. The van der Waals surface area contributed by atoms with E-state index in [9.17, 15) is 4.79 Å². The highest BCUT2D eigenvalue weighted by Crippen LogP contribution is 2.26. The lowest BCUT2D eigenvalue weighted by molar-refractivity contribution is -0.00206. The van der Waals surface area contributed by atoms with Crippen LogP contribution < -0.4 is 24.4 Å². The van der Waals surface area contributed by atoms with E-state index in [1.165, 1.54) is 0 Å². The Morgan fingerprint density at radius 3 is 2.33 bits per heavy atom. The number of carbonyl (C=O) groups is 1. The van der Waals surface area contributed by atoms with Crippen LogP contribution in [0.1, 0.15) is 26.2 Å². The number of hydrogen-bond donors (Lipinski definition) is 2. The molecule has 0 bridgehead atoms. The van der Waals surface area contributed by atoms with E-state index >= 15 is 0 Å². The molecule has 2 aromatic rings. The summed E-state index contributed by atoms with van der Waals surface area (Å²) in [6.07, 6.45) is 2.32. The maximum atomic E-state index is 11.3. The van der Waals surface area contributed by atoms with Gasteiger partial charge in [-0.3, -0.25) is 0 Å². The van der Waals surface area contributed by atoms with Crippen LogP contribution in [0.25, 0.3) is 0 Å². The van der Waals surface area contributed by atoms with Gasteiger partial charge in [-0.1, -0.05) is 32.2 Å². The first-order chi connectivity index (χ1) is 12.9. The highest BCUT2D eigenvalue weighted by molar-refractivity contribution is 7.82. The summed E-state index contributed by atoms with van der Waals surface area (Å²) in [5.41, 5.74) is 6.90. The molecule has 0 saturated heterocycles. The van der Waals surface area contributed by atoms with Gasteiger partial charge in [0.05, 0.1) is 5.69 Å². The molecule has 2 aromatic carbocycles. The van der Waals surface area contributed by atoms with Crippen molar-refractivity contribution in [3.05, 3.63) is 48.5 Å². The molecule has 0 aliphatic heterocycles. The van der Waals surface area contributed by atoms with Gasteiger partial charge in [-0.2, -0.15) is 0 Å². The number of nitrogens with two attached hydrogens (primary N) is 1. The molecule has 0 heterocycles. The summed E-state index contributed by atoms with van der Waals surface area (Å²) in [5, 5.41) is 0. The van der Waals surface area contributed by atoms with Crippen LogP contribution in [-0.2, 0) is 0 Å². The molecule has 27 heavy (non-hydrogen) atoms. The molecule has 0 saturated carbocycles. The van der Waals surface area contributed by atoms with Crippen LogP contribution in [0.5, 0.6) is 11.5 Å². The molecule has 0 fully saturated rings. The fourth-order valence-electron chi connectivity index (χ4n) is 2.45. The Hall–Kier alpha value is -2.54. The Morgan fingerprint density at radius 2 is 1.74 bits per heavy atom. The predicted molar refractivity (Wildman–Crippen MR) is 113 cm³/mol. The van der Waals surface area contributed by atoms with E-state index in [4.69, 9.17) is 15.2 Å². The number of urea groups is 1. The molecule has 0 radical (unpaired) electrons. The molecule has 0 aliphatic carbocycles. The molecule has 0 aromatic heterocycles. The second-order valence-electron chi connectivity index (χ2n) is 6.34. The van der Waals surface area contributed by atoms with Crippen molar-refractivity contribution in [2.45, 2.75) is 32.5 Å².